The number of fused-ring (bicyclic) bond motifs is 14. The fraction of sp³-hybridized carbons (Fsp3) is 0.154. The molecule has 0 aliphatic carbocycles. The van der Waals surface area contributed by atoms with Crippen LogP contribution in [-0.4, -0.2) is 9.13 Å². The van der Waals surface area contributed by atoms with Gasteiger partial charge in [0.1, 0.15) is 22.2 Å². The van der Waals surface area contributed by atoms with Crippen molar-refractivity contribution in [3.8, 4) is 0 Å². The van der Waals surface area contributed by atoms with E-state index in [9.17, 15) is 0 Å². The zero-order valence-corrected chi connectivity index (χ0v) is 20.3. The van der Waals surface area contributed by atoms with Crippen LogP contribution in [0.25, 0.3) is 86.9 Å². The minimum atomic E-state index is 0.762. The lowest BCUT2D eigenvalue weighted by molar-refractivity contribution is 0.654. The van der Waals surface area contributed by atoms with E-state index < -0.39 is 0 Å². The van der Waals surface area contributed by atoms with E-state index >= 15 is 0 Å². The highest BCUT2D eigenvalue weighted by Gasteiger charge is 2.27. The lowest BCUT2D eigenvalue weighted by Gasteiger charge is -1.92. The van der Waals surface area contributed by atoms with Crippen LogP contribution in [-0.2, 0) is 14.1 Å². The van der Waals surface area contributed by atoms with Gasteiger partial charge in [-0.3, -0.25) is 0 Å². The largest absolute Gasteiger partial charge is 0.450 e. The number of thiophene rings is 2. The summed E-state index contributed by atoms with van der Waals surface area (Å²) in [5.74, 6) is 0. The lowest BCUT2D eigenvalue weighted by Crippen LogP contribution is -1.84. The zero-order chi connectivity index (χ0) is 22.6. The molecule has 9 rings (SSSR count). The molecule has 8 heterocycles. The van der Waals surface area contributed by atoms with Crippen molar-refractivity contribution in [2.45, 2.75) is 13.8 Å². The Morgan fingerprint density at radius 2 is 1.00 bits per heavy atom. The molecule has 166 valence electrons. The smallest absolute Gasteiger partial charge is 0.198 e. The van der Waals surface area contributed by atoms with Crippen LogP contribution in [0, 0.1) is 13.8 Å². The molecule has 0 fully saturated rings. The van der Waals surface area contributed by atoms with Gasteiger partial charge < -0.3 is 26.8 Å². The van der Waals surface area contributed by atoms with E-state index in [1.807, 2.05) is 12.1 Å². The summed E-state index contributed by atoms with van der Waals surface area (Å²) in [6, 6.07) is 8.43. The SMILES string of the molecule is Cc1cc2c(s1)c1oc3c4cc5oc6c(oc7c8sc(C)cc8n(C)c67)c5cc4oc3c1n2C. The van der Waals surface area contributed by atoms with Crippen molar-refractivity contribution in [2.24, 2.45) is 14.1 Å². The highest BCUT2D eigenvalue weighted by molar-refractivity contribution is 7.20. The maximum Gasteiger partial charge on any atom is 0.198 e. The molecule has 0 saturated carbocycles. The Balaban J connectivity index is 1.40. The molecular formula is C26H16N2O4S2. The second kappa shape index (κ2) is 5.37. The predicted molar refractivity (Wildman–Crippen MR) is 139 cm³/mol. The Bertz CT molecular complexity index is 2170. The molecule has 8 heteroatoms. The summed E-state index contributed by atoms with van der Waals surface area (Å²) in [6.45, 7) is 4.24. The molecule has 0 aliphatic rings. The van der Waals surface area contributed by atoms with Crippen LogP contribution < -0.4 is 0 Å². The monoisotopic (exact) mass is 484 g/mol. The molecule has 9 aromatic rings. The van der Waals surface area contributed by atoms with Gasteiger partial charge in [-0.15, -0.1) is 22.7 Å². The first-order valence-electron chi connectivity index (χ1n) is 11.0. The first-order valence-corrected chi connectivity index (χ1v) is 12.7. The van der Waals surface area contributed by atoms with E-state index in [1.165, 1.54) is 20.8 Å². The van der Waals surface area contributed by atoms with Crippen LogP contribution in [0.3, 0.4) is 0 Å². The van der Waals surface area contributed by atoms with Gasteiger partial charge in [0.05, 0.1) is 31.2 Å². The third-order valence-corrected chi connectivity index (χ3v) is 9.23. The van der Waals surface area contributed by atoms with Gasteiger partial charge in [-0.25, -0.2) is 0 Å². The number of furan rings is 4. The summed E-state index contributed by atoms with van der Waals surface area (Å²) in [7, 11) is 4.13. The zero-order valence-electron chi connectivity index (χ0n) is 18.7. The summed E-state index contributed by atoms with van der Waals surface area (Å²) in [6.07, 6.45) is 0. The van der Waals surface area contributed by atoms with Crippen molar-refractivity contribution >= 4 is 110 Å². The predicted octanol–water partition coefficient (Wildman–Crippen LogP) is 8.70. The maximum atomic E-state index is 6.42. The summed E-state index contributed by atoms with van der Waals surface area (Å²) >= 11 is 3.50. The normalized spacial score (nSPS) is 13.3. The van der Waals surface area contributed by atoms with Gasteiger partial charge in [-0.05, 0) is 38.1 Å². The molecule has 0 amide bonds. The highest BCUT2D eigenvalue weighted by atomic mass is 32.1. The van der Waals surface area contributed by atoms with Gasteiger partial charge in [0, 0.05) is 23.8 Å². The Morgan fingerprint density at radius 3 is 1.44 bits per heavy atom. The lowest BCUT2D eigenvalue weighted by atomic mass is 10.2. The minimum Gasteiger partial charge on any atom is -0.450 e. The Kier molecular flexibility index (Phi) is 2.81. The van der Waals surface area contributed by atoms with Crippen molar-refractivity contribution in [1.82, 2.24) is 9.13 Å². The molecule has 34 heavy (non-hydrogen) atoms. The molecule has 0 aliphatic heterocycles. The van der Waals surface area contributed by atoms with E-state index in [2.05, 4.69) is 49.2 Å². The third-order valence-electron chi connectivity index (χ3n) is 7.15. The summed E-state index contributed by atoms with van der Waals surface area (Å²) in [5, 5.41) is 1.83. The molecule has 0 N–H and O–H groups in total. The van der Waals surface area contributed by atoms with Crippen molar-refractivity contribution in [1.29, 1.82) is 0 Å². The number of aromatic nitrogens is 2. The number of benzene rings is 1. The average Bonchev–Trinajstić information content (AvgIpc) is 3.61. The van der Waals surface area contributed by atoms with E-state index in [-0.39, 0.29) is 0 Å². The number of rotatable bonds is 0. The first-order chi connectivity index (χ1) is 16.5. The van der Waals surface area contributed by atoms with Crippen molar-refractivity contribution in [3.63, 3.8) is 0 Å². The minimum absolute atomic E-state index is 0.762. The van der Waals surface area contributed by atoms with Gasteiger partial charge in [-0.1, -0.05) is 0 Å². The standard InChI is InChI=1S/C26H16N2O4S2/c1-9-5-13-25(33-9)23-17(27(13)3)21-19(31-23)11-7-16-12(8-15(11)29-21)20-22(30-16)18-24(32-20)26-14(28(18)4)6-10(2)34-26/h5-8H,1-4H3. The van der Waals surface area contributed by atoms with Crippen LogP contribution in [0.15, 0.2) is 41.9 Å². The van der Waals surface area contributed by atoms with Gasteiger partial charge in [0.15, 0.2) is 33.5 Å². The van der Waals surface area contributed by atoms with E-state index in [1.54, 1.807) is 22.7 Å². The Morgan fingerprint density at radius 1 is 0.559 bits per heavy atom. The Hall–Kier alpha value is -3.62. The van der Waals surface area contributed by atoms with Crippen molar-refractivity contribution < 1.29 is 17.7 Å². The molecular weight excluding hydrogens is 468 g/mol. The van der Waals surface area contributed by atoms with Gasteiger partial charge in [0.25, 0.3) is 0 Å². The number of nitrogens with zero attached hydrogens (tertiary/aromatic N) is 2. The number of aryl methyl sites for hydroxylation is 4. The molecule has 6 nitrogen and oxygen atoms in total. The Labute approximate surface area is 198 Å². The topological polar surface area (TPSA) is 62.4 Å². The molecule has 0 bridgehead atoms. The van der Waals surface area contributed by atoms with Crippen LogP contribution in [0.1, 0.15) is 9.75 Å². The van der Waals surface area contributed by atoms with E-state index in [0.717, 1.165) is 75.9 Å². The second-order valence-electron chi connectivity index (χ2n) is 9.19. The van der Waals surface area contributed by atoms with E-state index in [4.69, 9.17) is 17.7 Å². The van der Waals surface area contributed by atoms with Crippen LogP contribution in [0.5, 0.6) is 0 Å². The number of hydrogen-bond donors (Lipinski definition) is 0. The average molecular weight is 485 g/mol. The fourth-order valence-corrected chi connectivity index (χ4v) is 7.69. The number of hydrogen-bond acceptors (Lipinski definition) is 6. The maximum absolute atomic E-state index is 6.42. The fourth-order valence-electron chi connectivity index (χ4n) is 5.65. The summed E-state index contributed by atoms with van der Waals surface area (Å²) < 4.78 is 32.3. The molecule has 0 atom stereocenters. The van der Waals surface area contributed by atoms with Crippen LogP contribution in [0.4, 0.5) is 0 Å². The summed E-state index contributed by atoms with van der Waals surface area (Å²) in [4.78, 5) is 2.53. The molecule has 0 saturated heterocycles. The van der Waals surface area contributed by atoms with Crippen LogP contribution >= 0.6 is 22.7 Å². The van der Waals surface area contributed by atoms with Gasteiger partial charge in [0.2, 0.25) is 0 Å². The molecule has 8 aromatic heterocycles. The summed E-state index contributed by atoms with van der Waals surface area (Å²) in [5.41, 5.74) is 10.7. The molecule has 1 aromatic carbocycles. The second-order valence-corrected chi connectivity index (χ2v) is 11.7. The third kappa shape index (κ3) is 1.81. The molecule has 0 spiro atoms. The van der Waals surface area contributed by atoms with Crippen LogP contribution in [0.2, 0.25) is 0 Å². The quantitative estimate of drug-likeness (QED) is 0.216. The van der Waals surface area contributed by atoms with Gasteiger partial charge >= 0.3 is 0 Å². The van der Waals surface area contributed by atoms with Gasteiger partial charge in [-0.2, -0.15) is 0 Å². The van der Waals surface area contributed by atoms with Crippen molar-refractivity contribution in [2.75, 3.05) is 0 Å². The van der Waals surface area contributed by atoms with E-state index in [0.29, 0.717) is 0 Å². The molecule has 0 radical (unpaired) electrons. The first kappa shape index (κ1) is 17.8. The van der Waals surface area contributed by atoms with Crippen molar-refractivity contribution in [3.05, 3.63) is 34.0 Å². The highest BCUT2D eigenvalue weighted by Crippen LogP contribution is 2.47. The molecule has 0 unspecified atom stereocenters.